The summed E-state index contributed by atoms with van der Waals surface area (Å²) in [5.74, 6) is 1.23. The van der Waals surface area contributed by atoms with Crippen LogP contribution in [0.5, 0.6) is 0 Å². The van der Waals surface area contributed by atoms with Gasteiger partial charge in [0.05, 0.1) is 17.3 Å². The maximum absolute atomic E-state index is 13.1. The Labute approximate surface area is 167 Å². The second-order valence-electron chi connectivity index (χ2n) is 8.60. The minimum atomic E-state index is -0.0420. The molecule has 1 unspecified atom stereocenters. The van der Waals surface area contributed by atoms with Gasteiger partial charge in [-0.15, -0.1) is 0 Å². The second kappa shape index (κ2) is 8.58. The van der Waals surface area contributed by atoms with Crippen LogP contribution in [0.25, 0.3) is 0 Å². The lowest BCUT2D eigenvalue weighted by atomic mass is 9.97. The van der Waals surface area contributed by atoms with Gasteiger partial charge in [0.15, 0.2) is 5.82 Å². The fraction of sp³-hybridized carbons (Fsp3) is 0.727. The average molecular weight is 385 g/mol. The highest BCUT2D eigenvalue weighted by Gasteiger charge is 2.35. The summed E-state index contributed by atoms with van der Waals surface area (Å²) in [6, 6.07) is -0.0420. The molecule has 3 heterocycles. The normalized spacial score (nSPS) is 23.8. The number of hydrogen-bond acceptors (Lipinski definition) is 4. The van der Waals surface area contributed by atoms with Crippen LogP contribution in [0.15, 0.2) is 6.20 Å². The number of hydrogen-bond donors (Lipinski definition) is 0. The summed E-state index contributed by atoms with van der Waals surface area (Å²) in [5, 5.41) is 0. The minimum absolute atomic E-state index is 0.0420. The number of likely N-dealkylation sites (tertiary alicyclic amines) is 2. The first-order valence-electron chi connectivity index (χ1n) is 11.1. The van der Waals surface area contributed by atoms with Crippen LogP contribution in [-0.2, 0) is 4.79 Å². The van der Waals surface area contributed by atoms with Crippen LogP contribution in [0.3, 0.4) is 0 Å². The number of carbonyl (C=O) groups excluding carboxylic acids is 2. The molecule has 1 saturated carbocycles. The molecule has 3 fully saturated rings. The van der Waals surface area contributed by atoms with E-state index >= 15 is 0 Å². The Morgan fingerprint density at radius 1 is 0.929 bits per heavy atom. The quantitative estimate of drug-likeness (QED) is 0.798. The van der Waals surface area contributed by atoms with Crippen LogP contribution >= 0.6 is 0 Å². The van der Waals surface area contributed by atoms with Crippen LogP contribution in [0, 0.1) is 12.8 Å². The second-order valence-corrected chi connectivity index (χ2v) is 8.60. The summed E-state index contributed by atoms with van der Waals surface area (Å²) in [5.41, 5.74) is 1.34. The largest absolute Gasteiger partial charge is 0.339 e. The molecule has 2 saturated heterocycles. The summed E-state index contributed by atoms with van der Waals surface area (Å²) in [4.78, 5) is 39.2. The van der Waals surface area contributed by atoms with E-state index in [4.69, 9.17) is 4.98 Å². The highest BCUT2D eigenvalue weighted by molar-refractivity contribution is 5.95. The number of aromatic nitrogens is 2. The molecule has 0 bridgehead atoms. The lowest BCUT2D eigenvalue weighted by Gasteiger charge is -2.36. The summed E-state index contributed by atoms with van der Waals surface area (Å²) < 4.78 is 0. The van der Waals surface area contributed by atoms with Crippen molar-refractivity contribution in [3.8, 4) is 0 Å². The molecule has 152 valence electrons. The van der Waals surface area contributed by atoms with Crippen LogP contribution in [0.4, 0.5) is 0 Å². The molecule has 28 heavy (non-hydrogen) atoms. The fourth-order valence-corrected chi connectivity index (χ4v) is 4.99. The monoisotopic (exact) mass is 384 g/mol. The molecular formula is C22H32N4O2. The Hall–Kier alpha value is -1.98. The van der Waals surface area contributed by atoms with E-state index in [2.05, 4.69) is 4.98 Å². The van der Waals surface area contributed by atoms with Gasteiger partial charge < -0.3 is 9.80 Å². The van der Waals surface area contributed by atoms with Crippen molar-refractivity contribution in [3.05, 3.63) is 23.3 Å². The van der Waals surface area contributed by atoms with Crippen molar-refractivity contribution < 1.29 is 9.59 Å². The SMILES string of the molecule is Cc1nc(C2CCCCN2C(=O)C2CCCC2)ncc1C(=O)N1CCCCC1. The summed E-state index contributed by atoms with van der Waals surface area (Å²) in [6.45, 7) is 4.35. The third-order valence-corrected chi connectivity index (χ3v) is 6.66. The number of piperidine rings is 2. The van der Waals surface area contributed by atoms with Gasteiger partial charge in [-0.3, -0.25) is 9.59 Å². The molecular weight excluding hydrogens is 352 g/mol. The van der Waals surface area contributed by atoms with Crippen LogP contribution in [0.1, 0.15) is 92.1 Å². The van der Waals surface area contributed by atoms with Crippen molar-refractivity contribution in [1.29, 1.82) is 0 Å². The molecule has 1 aromatic heterocycles. The minimum Gasteiger partial charge on any atom is -0.339 e. The maximum atomic E-state index is 13.1. The van der Waals surface area contributed by atoms with E-state index in [0.717, 1.165) is 83.1 Å². The Kier molecular flexibility index (Phi) is 5.93. The number of nitrogens with zero attached hydrogens (tertiary/aromatic N) is 4. The Bertz CT molecular complexity index is 723. The zero-order valence-corrected chi connectivity index (χ0v) is 17.0. The molecule has 6 nitrogen and oxygen atoms in total. The summed E-state index contributed by atoms with van der Waals surface area (Å²) in [7, 11) is 0. The van der Waals surface area contributed by atoms with Gasteiger partial charge in [-0.05, 0) is 58.3 Å². The van der Waals surface area contributed by atoms with Gasteiger partial charge in [-0.2, -0.15) is 0 Å². The molecule has 0 spiro atoms. The lowest BCUT2D eigenvalue weighted by molar-refractivity contribution is -0.139. The summed E-state index contributed by atoms with van der Waals surface area (Å²) in [6.07, 6.45) is 12.5. The molecule has 1 aromatic rings. The van der Waals surface area contributed by atoms with Crippen LogP contribution in [-0.4, -0.2) is 51.2 Å². The van der Waals surface area contributed by atoms with Crippen molar-refractivity contribution in [1.82, 2.24) is 19.8 Å². The molecule has 1 aliphatic carbocycles. The summed E-state index contributed by atoms with van der Waals surface area (Å²) >= 11 is 0. The first-order chi connectivity index (χ1) is 13.6. The van der Waals surface area contributed by atoms with Crippen LogP contribution < -0.4 is 0 Å². The lowest BCUT2D eigenvalue weighted by Crippen LogP contribution is -2.42. The molecule has 6 heteroatoms. The third-order valence-electron chi connectivity index (χ3n) is 6.66. The predicted octanol–water partition coefficient (Wildman–Crippen LogP) is 3.65. The molecule has 3 aliphatic rings. The first kappa shape index (κ1) is 19.3. The Balaban J connectivity index is 1.53. The number of amides is 2. The molecule has 0 N–H and O–H groups in total. The van der Waals surface area contributed by atoms with Gasteiger partial charge in [0.1, 0.15) is 0 Å². The number of aryl methyl sites for hydroxylation is 1. The van der Waals surface area contributed by atoms with Gasteiger partial charge in [0, 0.05) is 31.7 Å². The van der Waals surface area contributed by atoms with E-state index in [1.165, 1.54) is 6.42 Å². The average Bonchev–Trinajstić information content (AvgIpc) is 3.28. The number of carbonyl (C=O) groups is 2. The van der Waals surface area contributed by atoms with Gasteiger partial charge in [0.25, 0.3) is 5.91 Å². The van der Waals surface area contributed by atoms with Gasteiger partial charge in [0.2, 0.25) is 5.91 Å². The van der Waals surface area contributed by atoms with Crippen LogP contribution in [0.2, 0.25) is 0 Å². The maximum Gasteiger partial charge on any atom is 0.257 e. The van der Waals surface area contributed by atoms with E-state index in [0.29, 0.717) is 11.4 Å². The fourth-order valence-electron chi connectivity index (χ4n) is 4.99. The number of rotatable bonds is 3. The smallest absolute Gasteiger partial charge is 0.257 e. The predicted molar refractivity (Wildman–Crippen MR) is 107 cm³/mol. The Morgan fingerprint density at radius 2 is 1.61 bits per heavy atom. The zero-order valence-electron chi connectivity index (χ0n) is 17.0. The van der Waals surface area contributed by atoms with Gasteiger partial charge in [-0.1, -0.05) is 12.8 Å². The van der Waals surface area contributed by atoms with Crippen molar-refractivity contribution in [2.45, 2.75) is 77.2 Å². The zero-order chi connectivity index (χ0) is 19.5. The first-order valence-corrected chi connectivity index (χ1v) is 11.1. The van der Waals surface area contributed by atoms with E-state index in [1.54, 1.807) is 6.20 Å². The molecule has 0 aromatic carbocycles. The van der Waals surface area contributed by atoms with E-state index in [1.807, 2.05) is 16.7 Å². The Morgan fingerprint density at radius 3 is 2.32 bits per heavy atom. The van der Waals surface area contributed by atoms with Crippen molar-refractivity contribution in [2.24, 2.45) is 5.92 Å². The van der Waals surface area contributed by atoms with Gasteiger partial charge >= 0.3 is 0 Å². The van der Waals surface area contributed by atoms with Crippen molar-refractivity contribution in [3.63, 3.8) is 0 Å². The van der Waals surface area contributed by atoms with Gasteiger partial charge in [-0.25, -0.2) is 9.97 Å². The standard InChI is InChI=1S/C22H32N4O2/c1-16-18(22(28)25-12-6-2-7-13-25)15-23-20(24-16)19-11-5-8-14-26(19)21(27)17-9-3-4-10-17/h15,17,19H,2-14H2,1H3. The molecule has 0 radical (unpaired) electrons. The molecule has 4 rings (SSSR count). The topological polar surface area (TPSA) is 66.4 Å². The highest BCUT2D eigenvalue weighted by Crippen LogP contribution is 2.34. The third kappa shape index (κ3) is 3.91. The highest BCUT2D eigenvalue weighted by atomic mass is 16.2. The van der Waals surface area contributed by atoms with E-state index < -0.39 is 0 Å². The van der Waals surface area contributed by atoms with Crippen molar-refractivity contribution in [2.75, 3.05) is 19.6 Å². The molecule has 1 atom stereocenters. The van der Waals surface area contributed by atoms with E-state index in [-0.39, 0.29) is 23.8 Å². The molecule has 2 aliphatic heterocycles. The van der Waals surface area contributed by atoms with E-state index in [9.17, 15) is 9.59 Å². The molecule has 2 amide bonds. The van der Waals surface area contributed by atoms with Crippen molar-refractivity contribution >= 4 is 11.8 Å².